The van der Waals surface area contributed by atoms with Gasteiger partial charge in [0.1, 0.15) is 18.0 Å². The van der Waals surface area contributed by atoms with Crippen LogP contribution in [0.2, 0.25) is 5.02 Å². The van der Waals surface area contributed by atoms with E-state index < -0.39 is 5.60 Å². The van der Waals surface area contributed by atoms with Crippen LogP contribution in [0.15, 0.2) is 84.9 Å². The van der Waals surface area contributed by atoms with Crippen LogP contribution in [-0.2, 0) is 12.0 Å². The Morgan fingerprint density at radius 2 is 1.39 bits per heavy atom. The van der Waals surface area contributed by atoms with E-state index in [9.17, 15) is 5.11 Å². The number of hydrogen-bond acceptors (Lipinski definition) is 3. The van der Waals surface area contributed by atoms with Crippen LogP contribution in [0.1, 0.15) is 36.1 Å². The Bertz CT molecular complexity index is 1060. The summed E-state index contributed by atoms with van der Waals surface area (Å²) < 4.78 is 6.02. The molecule has 0 aliphatic carbocycles. The van der Waals surface area contributed by atoms with E-state index in [1.54, 1.807) is 0 Å². The molecule has 172 valence electrons. The van der Waals surface area contributed by atoms with Crippen molar-refractivity contribution in [2.24, 2.45) is 0 Å². The Kier molecular flexibility index (Phi) is 7.23. The Balaban J connectivity index is 1.51. The van der Waals surface area contributed by atoms with Crippen LogP contribution in [0.4, 0.5) is 0 Å². The molecule has 1 N–H and O–H groups in total. The molecular weight excluding hydrogens is 430 g/mol. The molecule has 4 heteroatoms. The van der Waals surface area contributed by atoms with Gasteiger partial charge in [-0.2, -0.15) is 0 Å². The number of benzene rings is 3. The summed E-state index contributed by atoms with van der Waals surface area (Å²) in [5, 5.41) is 12.6. The standard InChI is InChI=1S/C29H32ClNO2/c1-21-4-10-25(11-5-21)29(32,20-24-8-14-27(30)15-9-24)26-12-16-28(17-13-26)33-19-18-31-22(2)6-7-23(31)3/h4-17,22-23,32H,18-20H2,1-3H3. The van der Waals surface area contributed by atoms with E-state index in [2.05, 4.69) is 30.9 Å². The van der Waals surface area contributed by atoms with Gasteiger partial charge in [-0.3, -0.25) is 4.90 Å². The Morgan fingerprint density at radius 3 is 1.97 bits per heavy atom. The highest BCUT2D eigenvalue weighted by atomic mass is 35.5. The summed E-state index contributed by atoms with van der Waals surface area (Å²) in [4.78, 5) is 2.41. The minimum absolute atomic E-state index is 0.448. The number of ether oxygens (including phenoxy) is 1. The first kappa shape index (κ1) is 23.6. The zero-order valence-electron chi connectivity index (χ0n) is 19.5. The van der Waals surface area contributed by atoms with Gasteiger partial charge in [0.2, 0.25) is 0 Å². The molecule has 0 bridgehead atoms. The second kappa shape index (κ2) is 10.1. The zero-order valence-corrected chi connectivity index (χ0v) is 20.3. The van der Waals surface area contributed by atoms with Gasteiger partial charge in [-0.05, 0) is 61.7 Å². The van der Waals surface area contributed by atoms with E-state index in [1.165, 1.54) is 0 Å². The summed E-state index contributed by atoms with van der Waals surface area (Å²) in [7, 11) is 0. The molecule has 0 spiro atoms. The quantitative estimate of drug-likeness (QED) is 0.408. The summed E-state index contributed by atoms with van der Waals surface area (Å²) in [5.74, 6) is 0.809. The van der Waals surface area contributed by atoms with Crippen LogP contribution in [0.5, 0.6) is 5.75 Å². The first-order valence-electron chi connectivity index (χ1n) is 11.6. The van der Waals surface area contributed by atoms with E-state index in [-0.39, 0.29) is 0 Å². The van der Waals surface area contributed by atoms with Crippen LogP contribution in [0.25, 0.3) is 0 Å². The third-order valence-corrected chi connectivity index (χ3v) is 6.82. The Hall–Kier alpha value is -2.59. The van der Waals surface area contributed by atoms with Crippen LogP contribution in [-0.4, -0.2) is 35.2 Å². The first-order valence-corrected chi connectivity index (χ1v) is 11.9. The van der Waals surface area contributed by atoms with Crippen molar-refractivity contribution in [3.05, 3.63) is 112 Å². The fraction of sp³-hybridized carbons (Fsp3) is 0.310. The van der Waals surface area contributed by atoms with Gasteiger partial charge < -0.3 is 9.84 Å². The Morgan fingerprint density at radius 1 is 0.848 bits per heavy atom. The van der Waals surface area contributed by atoms with Gasteiger partial charge >= 0.3 is 0 Å². The zero-order chi connectivity index (χ0) is 23.4. The molecule has 0 saturated carbocycles. The van der Waals surface area contributed by atoms with Crippen LogP contribution in [0, 0.1) is 6.92 Å². The molecule has 3 aromatic carbocycles. The molecule has 1 aliphatic heterocycles. The third kappa shape index (κ3) is 5.50. The van der Waals surface area contributed by atoms with Crippen molar-refractivity contribution >= 4 is 11.6 Å². The number of aliphatic hydroxyl groups is 1. The van der Waals surface area contributed by atoms with E-state index in [0.29, 0.717) is 30.1 Å². The van der Waals surface area contributed by atoms with Crippen LogP contribution >= 0.6 is 11.6 Å². The van der Waals surface area contributed by atoms with Crippen molar-refractivity contribution in [1.29, 1.82) is 0 Å². The van der Waals surface area contributed by atoms with Gasteiger partial charge in [-0.15, -0.1) is 0 Å². The fourth-order valence-corrected chi connectivity index (χ4v) is 4.64. The summed E-state index contributed by atoms with van der Waals surface area (Å²) in [6.45, 7) is 7.97. The maximum absolute atomic E-state index is 11.9. The molecule has 0 fully saturated rings. The predicted molar refractivity (Wildman–Crippen MR) is 136 cm³/mol. The molecule has 0 amide bonds. The molecule has 3 unspecified atom stereocenters. The van der Waals surface area contributed by atoms with Gasteiger partial charge in [0, 0.05) is 30.1 Å². The van der Waals surface area contributed by atoms with Gasteiger partial charge in [-0.25, -0.2) is 0 Å². The highest BCUT2D eigenvalue weighted by molar-refractivity contribution is 6.30. The lowest BCUT2D eigenvalue weighted by Gasteiger charge is -2.30. The third-order valence-electron chi connectivity index (χ3n) is 6.57. The molecule has 3 nitrogen and oxygen atoms in total. The van der Waals surface area contributed by atoms with E-state index >= 15 is 0 Å². The first-order chi connectivity index (χ1) is 15.8. The van der Waals surface area contributed by atoms with Crippen molar-refractivity contribution in [1.82, 2.24) is 4.90 Å². The van der Waals surface area contributed by atoms with E-state index in [4.69, 9.17) is 16.3 Å². The second-order valence-corrected chi connectivity index (χ2v) is 9.44. The van der Waals surface area contributed by atoms with Crippen LogP contribution in [0.3, 0.4) is 0 Å². The SMILES string of the molecule is Cc1ccc(C(O)(Cc2ccc(Cl)cc2)c2ccc(OCCN3C(C)C=CC3C)cc2)cc1. The van der Waals surface area contributed by atoms with E-state index in [1.807, 2.05) is 79.7 Å². The van der Waals surface area contributed by atoms with Crippen LogP contribution < -0.4 is 4.74 Å². The summed E-state index contributed by atoms with van der Waals surface area (Å²) in [6.07, 6.45) is 4.93. The lowest BCUT2D eigenvalue weighted by molar-refractivity contribution is 0.0810. The number of nitrogens with zero attached hydrogens (tertiary/aromatic N) is 1. The highest BCUT2D eigenvalue weighted by Crippen LogP contribution is 2.35. The number of hydrogen-bond donors (Lipinski definition) is 1. The number of aryl methyl sites for hydroxylation is 1. The number of rotatable bonds is 8. The number of halogens is 1. The Labute approximate surface area is 202 Å². The molecule has 0 saturated heterocycles. The van der Waals surface area contributed by atoms with Crippen molar-refractivity contribution in [2.45, 2.75) is 44.9 Å². The topological polar surface area (TPSA) is 32.7 Å². The van der Waals surface area contributed by atoms with Crippen molar-refractivity contribution in [3.63, 3.8) is 0 Å². The molecule has 1 heterocycles. The van der Waals surface area contributed by atoms with Gasteiger partial charge in [-0.1, -0.05) is 77.8 Å². The summed E-state index contributed by atoms with van der Waals surface area (Å²) in [5.41, 5.74) is 2.71. The van der Waals surface area contributed by atoms with Crippen molar-refractivity contribution in [2.75, 3.05) is 13.2 Å². The lowest BCUT2D eigenvalue weighted by atomic mass is 9.81. The minimum Gasteiger partial charge on any atom is -0.492 e. The maximum atomic E-state index is 11.9. The predicted octanol–water partition coefficient (Wildman–Crippen LogP) is 6.15. The largest absolute Gasteiger partial charge is 0.492 e. The molecule has 0 radical (unpaired) electrons. The average molecular weight is 462 g/mol. The molecule has 3 atom stereocenters. The molecule has 33 heavy (non-hydrogen) atoms. The van der Waals surface area contributed by atoms with E-state index in [0.717, 1.165) is 34.5 Å². The smallest absolute Gasteiger partial charge is 0.119 e. The van der Waals surface area contributed by atoms with Crippen molar-refractivity contribution < 1.29 is 9.84 Å². The normalized spacial score (nSPS) is 20.0. The van der Waals surface area contributed by atoms with Crippen molar-refractivity contribution in [3.8, 4) is 5.75 Å². The highest BCUT2D eigenvalue weighted by Gasteiger charge is 2.32. The fourth-order valence-electron chi connectivity index (χ4n) is 4.51. The summed E-state index contributed by atoms with van der Waals surface area (Å²) in [6, 6.07) is 24.5. The van der Waals surface area contributed by atoms with Gasteiger partial charge in [0.15, 0.2) is 0 Å². The summed E-state index contributed by atoms with van der Waals surface area (Å²) >= 11 is 6.07. The lowest BCUT2D eigenvalue weighted by Crippen LogP contribution is -2.36. The molecule has 4 rings (SSSR count). The molecule has 3 aromatic rings. The van der Waals surface area contributed by atoms with Gasteiger partial charge in [0.25, 0.3) is 0 Å². The second-order valence-electron chi connectivity index (χ2n) is 9.01. The molecule has 0 aromatic heterocycles. The average Bonchev–Trinajstić information content (AvgIpc) is 3.13. The minimum atomic E-state index is -1.16. The monoisotopic (exact) mass is 461 g/mol. The molecular formula is C29H32ClNO2. The van der Waals surface area contributed by atoms with Gasteiger partial charge in [0.05, 0.1) is 0 Å². The molecule has 1 aliphatic rings. The maximum Gasteiger partial charge on any atom is 0.119 e.